The van der Waals surface area contributed by atoms with Crippen molar-refractivity contribution in [2.75, 3.05) is 5.75 Å². The van der Waals surface area contributed by atoms with E-state index in [1.165, 1.54) is 23.1 Å². The number of ketones is 1. The number of carbonyl (C=O) groups excluding carboxylic acids is 2. The van der Waals surface area contributed by atoms with Gasteiger partial charge in [-0.1, -0.05) is 42.1 Å². The predicted molar refractivity (Wildman–Crippen MR) is 103 cm³/mol. The van der Waals surface area contributed by atoms with Gasteiger partial charge in [-0.2, -0.15) is 0 Å². The van der Waals surface area contributed by atoms with Gasteiger partial charge in [0.15, 0.2) is 10.1 Å². The zero-order chi connectivity index (χ0) is 18.2. The van der Waals surface area contributed by atoms with Gasteiger partial charge in [0.25, 0.3) is 0 Å². The molecule has 0 saturated carbocycles. The number of thioether (sulfide) groups is 1. The molecule has 1 N–H and O–H groups in total. The molecule has 0 bridgehead atoms. The first-order valence-electron chi connectivity index (χ1n) is 8.02. The summed E-state index contributed by atoms with van der Waals surface area (Å²) in [5.41, 5.74) is 2.42. The highest BCUT2D eigenvalue weighted by Gasteiger charge is 2.11. The number of rotatable bonds is 8. The average Bonchev–Trinajstić information content (AvgIpc) is 3.13. The van der Waals surface area contributed by atoms with E-state index < -0.39 is 0 Å². The number of aromatic nitrogens is 2. The second-order valence-electron chi connectivity index (χ2n) is 5.49. The lowest BCUT2D eigenvalue weighted by molar-refractivity contribution is -0.120. The summed E-state index contributed by atoms with van der Waals surface area (Å²) in [6.45, 7) is 0.471. The molecule has 0 atom stereocenters. The molecule has 3 aromatic rings. The van der Waals surface area contributed by atoms with E-state index in [9.17, 15) is 9.59 Å². The molecule has 2 aromatic heterocycles. The van der Waals surface area contributed by atoms with Crippen molar-refractivity contribution >= 4 is 34.8 Å². The Kier molecular flexibility index (Phi) is 6.51. The molecular weight excluding hydrogens is 366 g/mol. The average molecular weight is 383 g/mol. The largest absolute Gasteiger partial charge is 0.352 e. The van der Waals surface area contributed by atoms with Crippen LogP contribution in [0.3, 0.4) is 0 Å². The molecule has 0 unspecified atom stereocenters. The molecule has 0 radical (unpaired) electrons. The molecule has 0 aliphatic heterocycles. The fourth-order valence-electron chi connectivity index (χ4n) is 2.20. The topological polar surface area (TPSA) is 72.0 Å². The SMILES string of the molecule is O=C(Cc1csc(SCC(=O)c2ccccc2)n1)NCc1ccncc1. The van der Waals surface area contributed by atoms with Gasteiger partial charge in [0.05, 0.1) is 17.9 Å². The lowest BCUT2D eigenvalue weighted by Gasteiger charge is -2.03. The van der Waals surface area contributed by atoms with Crippen LogP contribution in [0.1, 0.15) is 21.6 Å². The van der Waals surface area contributed by atoms with Crippen LogP contribution in [0.25, 0.3) is 0 Å². The standard InChI is InChI=1S/C19H17N3O2S2/c23-17(15-4-2-1-3-5-15)13-26-19-22-16(12-25-19)10-18(24)21-11-14-6-8-20-9-7-14/h1-9,12H,10-11,13H2,(H,21,24). The minimum Gasteiger partial charge on any atom is -0.352 e. The maximum Gasteiger partial charge on any atom is 0.226 e. The van der Waals surface area contributed by atoms with E-state index in [1.54, 1.807) is 12.4 Å². The molecule has 1 amide bonds. The molecule has 3 rings (SSSR count). The zero-order valence-electron chi connectivity index (χ0n) is 13.9. The first-order valence-corrected chi connectivity index (χ1v) is 9.88. The Morgan fingerprint density at radius 3 is 2.62 bits per heavy atom. The van der Waals surface area contributed by atoms with Crippen LogP contribution >= 0.6 is 23.1 Å². The second kappa shape index (κ2) is 9.26. The number of nitrogens with zero attached hydrogens (tertiary/aromatic N) is 2. The van der Waals surface area contributed by atoms with Crippen molar-refractivity contribution in [2.24, 2.45) is 0 Å². The van der Waals surface area contributed by atoms with Crippen LogP contribution < -0.4 is 5.32 Å². The van der Waals surface area contributed by atoms with E-state index in [4.69, 9.17) is 0 Å². The fourth-order valence-corrected chi connectivity index (χ4v) is 3.94. The molecule has 0 fully saturated rings. The quantitative estimate of drug-likeness (QED) is 0.477. The highest BCUT2D eigenvalue weighted by atomic mass is 32.2. The summed E-state index contributed by atoms with van der Waals surface area (Å²) in [4.78, 5) is 32.5. The van der Waals surface area contributed by atoms with Crippen LogP contribution in [0.2, 0.25) is 0 Å². The van der Waals surface area contributed by atoms with Crippen molar-refractivity contribution < 1.29 is 9.59 Å². The van der Waals surface area contributed by atoms with Crippen molar-refractivity contribution in [1.29, 1.82) is 0 Å². The van der Waals surface area contributed by atoms with Crippen LogP contribution in [0.4, 0.5) is 0 Å². The minimum absolute atomic E-state index is 0.0717. The number of Topliss-reactive ketones (excluding diaryl/α,β-unsaturated/α-hetero) is 1. The number of hydrogen-bond donors (Lipinski definition) is 1. The Hall–Kier alpha value is -2.51. The van der Waals surface area contributed by atoms with E-state index in [0.29, 0.717) is 17.9 Å². The maximum atomic E-state index is 12.1. The van der Waals surface area contributed by atoms with Crippen molar-refractivity contribution in [2.45, 2.75) is 17.3 Å². The third-order valence-electron chi connectivity index (χ3n) is 3.53. The highest BCUT2D eigenvalue weighted by Crippen LogP contribution is 2.23. The smallest absolute Gasteiger partial charge is 0.226 e. The van der Waals surface area contributed by atoms with E-state index >= 15 is 0 Å². The molecule has 7 heteroatoms. The summed E-state index contributed by atoms with van der Waals surface area (Å²) >= 11 is 2.86. The molecule has 0 spiro atoms. The maximum absolute atomic E-state index is 12.1. The summed E-state index contributed by atoms with van der Waals surface area (Å²) in [6, 6.07) is 12.9. The Morgan fingerprint density at radius 1 is 1.08 bits per heavy atom. The van der Waals surface area contributed by atoms with Gasteiger partial charge in [-0.3, -0.25) is 14.6 Å². The molecule has 0 aliphatic carbocycles. The summed E-state index contributed by atoms with van der Waals surface area (Å²) in [5.74, 6) is 0.331. The molecule has 132 valence electrons. The van der Waals surface area contributed by atoms with Gasteiger partial charge >= 0.3 is 0 Å². The Morgan fingerprint density at radius 2 is 1.85 bits per heavy atom. The van der Waals surface area contributed by atoms with Gasteiger partial charge in [0.1, 0.15) is 0 Å². The molecule has 5 nitrogen and oxygen atoms in total. The number of thiazole rings is 1. The molecular formula is C19H17N3O2S2. The Balaban J connectivity index is 1.45. The first-order chi connectivity index (χ1) is 12.7. The number of hydrogen-bond acceptors (Lipinski definition) is 6. The van der Waals surface area contributed by atoms with Gasteiger partial charge in [0.2, 0.25) is 5.91 Å². The number of nitrogens with one attached hydrogen (secondary N) is 1. The normalized spacial score (nSPS) is 10.5. The lowest BCUT2D eigenvalue weighted by atomic mass is 10.2. The number of benzene rings is 1. The summed E-state index contributed by atoms with van der Waals surface area (Å²) in [5, 5.41) is 4.73. The van der Waals surface area contributed by atoms with Crippen LogP contribution in [-0.4, -0.2) is 27.4 Å². The monoisotopic (exact) mass is 383 g/mol. The van der Waals surface area contributed by atoms with E-state index in [2.05, 4.69) is 15.3 Å². The van der Waals surface area contributed by atoms with E-state index in [-0.39, 0.29) is 18.1 Å². The van der Waals surface area contributed by atoms with Gasteiger partial charge < -0.3 is 5.32 Å². The zero-order valence-corrected chi connectivity index (χ0v) is 15.6. The Labute approximate surface area is 159 Å². The van der Waals surface area contributed by atoms with E-state index in [0.717, 1.165) is 15.6 Å². The molecule has 1 aromatic carbocycles. The van der Waals surface area contributed by atoms with E-state index in [1.807, 2.05) is 47.8 Å². The lowest BCUT2D eigenvalue weighted by Crippen LogP contribution is -2.24. The molecule has 0 saturated heterocycles. The van der Waals surface area contributed by atoms with Gasteiger partial charge in [-0.15, -0.1) is 11.3 Å². The fraction of sp³-hybridized carbons (Fsp3) is 0.158. The predicted octanol–water partition coefficient (Wildman–Crippen LogP) is 3.37. The van der Waals surface area contributed by atoms with Crippen LogP contribution in [0, 0.1) is 0 Å². The number of pyridine rings is 1. The summed E-state index contributed by atoms with van der Waals surface area (Å²) in [7, 11) is 0. The van der Waals surface area contributed by atoms with Crippen LogP contribution in [0.15, 0.2) is 64.6 Å². The van der Waals surface area contributed by atoms with Gasteiger partial charge in [0, 0.05) is 29.9 Å². The highest BCUT2D eigenvalue weighted by molar-refractivity contribution is 8.01. The summed E-state index contributed by atoms with van der Waals surface area (Å²) in [6.07, 6.45) is 3.62. The van der Waals surface area contributed by atoms with Crippen molar-refractivity contribution in [3.63, 3.8) is 0 Å². The first kappa shape index (κ1) is 18.3. The molecule has 0 aliphatic rings. The van der Waals surface area contributed by atoms with Gasteiger partial charge in [-0.25, -0.2) is 4.98 Å². The van der Waals surface area contributed by atoms with Crippen LogP contribution in [0.5, 0.6) is 0 Å². The Bertz CT molecular complexity index is 867. The second-order valence-corrected chi connectivity index (χ2v) is 7.57. The third kappa shape index (κ3) is 5.50. The number of amides is 1. The van der Waals surface area contributed by atoms with Crippen molar-refractivity contribution in [3.8, 4) is 0 Å². The van der Waals surface area contributed by atoms with Gasteiger partial charge in [-0.05, 0) is 17.7 Å². The third-order valence-corrected chi connectivity index (χ3v) is 5.60. The van der Waals surface area contributed by atoms with Crippen molar-refractivity contribution in [3.05, 3.63) is 77.1 Å². The molecule has 26 heavy (non-hydrogen) atoms. The molecule has 2 heterocycles. The van der Waals surface area contributed by atoms with Crippen molar-refractivity contribution in [1.82, 2.24) is 15.3 Å². The van der Waals surface area contributed by atoms with Crippen LogP contribution in [-0.2, 0) is 17.8 Å². The summed E-state index contributed by atoms with van der Waals surface area (Å²) < 4.78 is 0.797. The minimum atomic E-state index is -0.0796. The number of carbonyl (C=O) groups is 2.